The molecule has 0 aliphatic heterocycles. The molecule has 0 heterocycles. The fourth-order valence-corrected chi connectivity index (χ4v) is 3.30. The van der Waals surface area contributed by atoms with Crippen LogP contribution in [-0.2, 0) is 9.59 Å². The summed E-state index contributed by atoms with van der Waals surface area (Å²) < 4.78 is 0. The average molecular weight is 234 g/mol. The van der Waals surface area contributed by atoms with Gasteiger partial charge in [0.25, 0.3) is 0 Å². The smallest absolute Gasteiger partial charge is 0.163 e. The van der Waals surface area contributed by atoms with E-state index in [1.165, 1.54) is 12.0 Å². The molecule has 1 unspecified atom stereocenters. The Morgan fingerprint density at radius 2 is 1.65 bits per heavy atom. The van der Waals surface area contributed by atoms with Gasteiger partial charge in [0.2, 0.25) is 0 Å². The quantitative estimate of drug-likeness (QED) is 0.603. The largest absolute Gasteiger partial charge is 0.299 e. The number of ketones is 2. The molecule has 2 atom stereocenters. The second-order valence-electron chi connectivity index (χ2n) is 6.46. The molecule has 0 bridgehead atoms. The lowest BCUT2D eigenvalue weighted by Gasteiger charge is -2.36. The first-order valence-electron chi connectivity index (χ1n) is 6.67. The highest BCUT2D eigenvalue weighted by Gasteiger charge is 2.39. The molecule has 0 N–H and O–H groups in total. The summed E-state index contributed by atoms with van der Waals surface area (Å²) in [6, 6.07) is 0. The van der Waals surface area contributed by atoms with Crippen LogP contribution in [0.4, 0.5) is 0 Å². The van der Waals surface area contributed by atoms with Crippen molar-refractivity contribution in [2.45, 2.75) is 52.9 Å². The van der Waals surface area contributed by atoms with Crippen molar-refractivity contribution >= 4 is 11.6 Å². The maximum absolute atomic E-state index is 12.1. The lowest BCUT2D eigenvalue weighted by atomic mass is 9.67. The number of rotatable bonds is 0. The van der Waals surface area contributed by atoms with Crippen LogP contribution in [-0.4, -0.2) is 11.6 Å². The van der Waals surface area contributed by atoms with Crippen LogP contribution in [0.25, 0.3) is 0 Å². The van der Waals surface area contributed by atoms with Crippen LogP contribution in [0, 0.1) is 17.3 Å². The molecule has 2 heteroatoms. The number of allylic oxidation sites excluding steroid dienone is 2. The molecule has 94 valence electrons. The molecule has 1 fully saturated rings. The van der Waals surface area contributed by atoms with E-state index in [4.69, 9.17) is 0 Å². The van der Waals surface area contributed by atoms with Gasteiger partial charge in [0.05, 0.1) is 6.42 Å². The van der Waals surface area contributed by atoms with Crippen LogP contribution < -0.4 is 0 Å². The number of hydrogen-bond acceptors (Lipinski definition) is 2. The Balaban J connectivity index is 2.40. The number of hydrogen-bond donors (Lipinski definition) is 0. The van der Waals surface area contributed by atoms with Gasteiger partial charge in [-0.1, -0.05) is 39.2 Å². The highest BCUT2D eigenvalue weighted by atomic mass is 16.1. The molecule has 0 radical (unpaired) electrons. The topological polar surface area (TPSA) is 34.1 Å². The van der Waals surface area contributed by atoms with Gasteiger partial charge in [0.15, 0.2) is 5.78 Å². The molecule has 0 amide bonds. The van der Waals surface area contributed by atoms with E-state index in [1.807, 2.05) is 0 Å². The van der Waals surface area contributed by atoms with E-state index < -0.39 is 0 Å². The molecule has 0 aromatic rings. The van der Waals surface area contributed by atoms with E-state index in [-0.39, 0.29) is 29.3 Å². The Morgan fingerprint density at radius 1 is 1.06 bits per heavy atom. The first-order valence-corrected chi connectivity index (χ1v) is 6.67. The number of Topliss-reactive ketones (excluding diaryl/α,β-unsaturated/α-hetero) is 1. The summed E-state index contributed by atoms with van der Waals surface area (Å²) in [6.07, 6.45) is 6.28. The summed E-state index contributed by atoms with van der Waals surface area (Å²) in [5.74, 6) is 0.618. The summed E-state index contributed by atoms with van der Waals surface area (Å²) in [7, 11) is 0. The van der Waals surface area contributed by atoms with Gasteiger partial charge in [-0.3, -0.25) is 9.59 Å². The number of fused-ring (bicyclic) bond motifs is 1. The third kappa shape index (κ3) is 2.51. The van der Waals surface area contributed by atoms with Gasteiger partial charge in [-0.2, -0.15) is 0 Å². The minimum Gasteiger partial charge on any atom is -0.299 e. The highest BCUT2D eigenvalue weighted by Crippen LogP contribution is 2.44. The monoisotopic (exact) mass is 234 g/mol. The molecule has 2 aliphatic carbocycles. The predicted octanol–water partition coefficient (Wildman–Crippen LogP) is 3.31. The van der Waals surface area contributed by atoms with Gasteiger partial charge in [-0.25, -0.2) is 0 Å². The second-order valence-corrected chi connectivity index (χ2v) is 6.46. The Morgan fingerprint density at radius 3 is 2.24 bits per heavy atom. The Kier molecular flexibility index (Phi) is 3.24. The Hall–Kier alpha value is -0.920. The van der Waals surface area contributed by atoms with Gasteiger partial charge in [0.1, 0.15) is 5.78 Å². The van der Waals surface area contributed by atoms with Crippen molar-refractivity contribution in [1.82, 2.24) is 0 Å². The summed E-state index contributed by atoms with van der Waals surface area (Å²) in [6.45, 7) is 6.44. The lowest BCUT2D eigenvalue weighted by molar-refractivity contribution is -0.128. The van der Waals surface area contributed by atoms with E-state index in [1.54, 1.807) is 6.08 Å². The molecule has 0 aromatic carbocycles. The van der Waals surface area contributed by atoms with Crippen molar-refractivity contribution in [2.75, 3.05) is 0 Å². The first-order chi connectivity index (χ1) is 7.89. The average Bonchev–Trinajstić information content (AvgIpc) is 2.36. The standard InChI is InChI=1S/C15H22O2/c1-15(2,3)13-8-10(16)9-14(17)12-7-5-4-6-11(12)13/h8,11-12H,4-7,9H2,1-3H3/t11?,12-/m1/s1. The molecule has 0 spiro atoms. The zero-order chi connectivity index (χ0) is 12.6. The lowest BCUT2D eigenvalue weighted by Crippen LogP contribution is -2.31. The first kappa shape index (κ1) is 12.5. The maximum Gasteiger partial charge on any atom is 0.163 e. The van der Waals surface area contributed by atoms with Crippen LogP contribution >= 0.6 is 0 Å². The van der Waals surface area contributed by atoms with Crippen LogP contribution in [0.2, 0.25) is 0 Å². The van der Waals surface area contributed by atoms with E-state index >= 15 is 0 Å². The summed E-state index contributed by atoms with van der Waals surface area (Å²) >= 11 is 0. The fraction of sp³-hybridized carbons (Fsp3) is 0.733. The number of carbonyl (C=O) groups excluding carboxylic acids is 2. The van der Waals surface area contributed by atoms with E-state index in [9.17, 15) is 9.59 Å². The van der Waals surface area contributed by atoms with E-state index in [0.29, 0.717) is 5.92 Å². The summed E-state index contributed by atoms with van der Waals surface area (Å²) in [5, 5.41) is 0. The number of carbonyl (C=O) groups is 2. The van der Waals surface area contributed by atoms with Crippen molar-refractivity contribution in [3.8, 4) is 0 Å². The van der Waals surface area contributed by atoms with Crippen molar-refractivity contribution in [1.29, 1.82) is 0 Å². The zero-order valence-electron chi connectivity index (χ0n) is 11.1. The third-order valence-electron chi connectivity index (χ3n) is 4.11. The second kappa shape index (κ2) is 4.40. The van der Waals surface area contributed by atoms with Gasteiger partial charge < -0.3 is 0 Å². The van der Waals surface area contributed by atoms with Gasteiger partial charge >= 0.3 is 0 Å². The molecule has 2 rings (SSSR count). The van der Waals surface area contributed by atoms with Crippen molar-refractivity contribution in [2.24, 2.45) is 17.3 Å². The van der Waals surface area contributed by atoms with E-state index in [2.05, 4.69) is 20.8 Å². The normalized spacial score (nSPS) is 30.6. The van der Waals surface area contributed by atoms with Crippen LogP contribution in [0.3, 0.4) is 0 Å². The van der Waals surface area contributed by atoms with E-state index in [0.717, 1.165) is 19.3 Å². The molecular weight excluding hydrogens is 212 g/mol. The SMILES string of the molecule is CC(C)(C)C1=CC(=O)CC(=O)[C@@H]2CCCCC12. The minimum absolute atomic E-state index is 0.000532. The maximum atomic E-state index is 12.1. The molecule has 0 aromatic heterocycles. The summed E-state index contributed by atoms with van der Waals surface area (Å²) in [5.41, 5.74) is 1.21. The summed E-state index contributed by atoms with van der Waals surface area (Å²) in [4.78, 5) is 23.9. The molecule has 0 saturated heterocycles. The van der Waals surface area contributed by atoms with Crippen molar-refractivity contribution in [3.63, 3.8) is 0 Å². The van der Waals surface area contributed by atoms with Crippen LogP contribution in [0.15, 0.2) is 11.6 Å². The van der Waals surface area contributed by atoms with Gasteiger partial charge in [0, 0.05) is 5.92 Å². The molecule has 1 saturated carbocycles. The molecule has 2 nitrogen and oxygen atoms in total. The van der Waals surface area contributed by atoms with Gasteiger partial charge in [-0.15, -0.1) is 0 Å². The Bertz CT molecular complexity index is 371. The highest BCUT2D eigenvalue weighted by molar-refractivity contribution is 6.07. The molecule has 2 aliphatic rings. The fourth-order valence-electron chi connectivity index (χ4n) is 3.30. The van der Waals surface area contributed by atoms with Crippen molar-refractivity contribution in [3.05, 3.63) is 11.6 Å². The Labute approximate surface area is 103 Å². The molecule has 17 heavy (non-hydrogen) atoms. The van der Waals surface area contributed by atoms with Crippen molar-refractivity contribution < 1.29 is 9.59 Å². The third-order valence-corrected chi connectivity index (χ3v) is 4.11. The van der Waals surface area contributed by atoms with Crippen LogP contribution in [0.5, 0.6) is 0 Å². The van der Waals surface area contributed by atoms with Gasteiger partial charge in [-0.05, 0) is 30.3 Å². The molecular formula is C15H22O2. The zero-order valence-corrected chi connectivity index (χ0v) is 11.1. The van der Waals surface area contributed by atoms with Crippen LogP contribution in [0.1, 0.15) is 52.9 Å². The minimum atomic E-state index is 0.000532. The predicted molar refractivity (Wildman–Crippen MR) is 67.6 cm³/mol.